The highest BCUT2D eigenvalue weighted by Crippen LogP contribution is 2.35. The molecule has 40 heavy (non-hydrogen) atoms. The van der Waals surface area contributed by atoms with Gasteiger partial charge in [0.15, 0.2) is 5.65 Å². The highest BCUT2D eigenvalue weighted by atomic mass is 19.1. The molecule has 2 aromatic heterocycles. The van der Waals surface area contributed by atoms with Crippen molar-refractivity contribution < 1.29 is 23.8 Å². The number of rotatable bonds is 8. The number of carboxylic acid groups (broad SMARTS) is 1. The van der Waals surface area contributed by atoms with Crippen LogP contribution < -0.4 is 10.1 Å². The number of carboxylic acids is 1. The number of halogens is 1. The lowest BCUT2D eigenvalue weighted by atomic mass is 9.98. The Labute approximate surface area is 230 Å². The van der Waals surface area contributed by atoms with Crippen molar-refractivity contribution in [3.05, 3.63) is 94.1 Å². The molecule has 1 amide bonds. The quantitative estimate of drug-likeness (QED) is 0.312. The maximum Gasteiger partial charge on any atom is 0.335 e. The molecule has 3 heterocycles. The van der Waals surface area contributed by atoms with Gasteiger partial charge in [0.2, 0.25) is 0 Å². The van der Waals surface area contributed by atoms with Crippen LogP contribution in [0, 0.1) is 5.82 Å². The Bertz CT molecular complexity index is 1700. The van der Waals surface area contributed by atoms with E-state index in [4.69, 9.17) is 4.74 Å². The monoisotopic (exact) mass is 540 g/mol. The van der Waals surface area contributed by atoms with E-state index < -0.39 is 11.8 Å². The summed E-state index contributed by atoms with van der Waals surface area (Å²) in [6.07, 6.45) is 6.18. The minimum Gasteiger partial charge on any atom is -0.488 e. The van der Waals surface area contributed by atoms with Crippen molar-refractivity contribution in [2.24, 2.45) is 0 Å². The van der Waals surface area contributed by atoms with Crippen LogP contribution in [0.4, 0.5) is 4.39 Å². The molecule has 0 saturated heterocycles. The highest BCUT2D eigenvalue weighted by molar-refractivity contribution is 5.94. The number of hydrogen-bond donors (Lipinski definition) is 2. The topological polar surface area (TPSA) is 106 Å². The fourth-order valence-corrected chi connectivity index (χ4v) is 4.75. The molecule has 0 aliphatic carbocycles. The van der Waals surface area contributed by atoms with Crippen molar-refractivity contribution in [1.82, 2.24) is 19.9 Å². The largest absolute Gasteiger partial charge is 0.488 e. The number of carbonyl (C=O) groups excluding carboxylic acids is 1. The van der Waals surface area contributed by atoms with Gasteiger partial charge in [0.1, 0.15) is 23.9 Å². The summed E-state index contributed by atoms with van der Waals surface area (Å²) in [5.74, 6) is -1.84. The normalized spacial score (nSPS) is 13.0. The minimum absolute atomic E-state index is 0.0374. The van der Waals surface area contributed by atoms with E-state index in [1.807, 2.05) is 26.0 Å². The van der Waals surface area contributed by atoms with Crippen molar-refractivity contribution in [2.45, 2.75) is 33.6 Å². The lowest BCUT2D eigenvalue weighted by Crippen LogP contribution is -2.27. The molecule has 0 bridgehead atoms. The summed E-state index contributed by atoms with van der Waals surface area (Å²) in [6, 6.07) is 13.0. The van der Waals surface area contributed by atoms with E-state index in [2.05, 4.69) is 40.5 Å². The summed E-state index contributed by atoms with van der Waals surface area (Å²) < 4.78 is 22.4. The van der Waals surface area contributed by atoms with Gasteiger partial charge < -0.3 is 15.2 Å². The molecule has 0 fully saturated rings. The second kappa shape index (κ2) is 11.1. The maximum atomic E-state index is 15.5. The third-order valence-electron chi connectivity index (χ3n) is 7.06. The lowest BCUT2D eigenvalue weighted by molar-refractivity contribution is -0.132. The van der Waals surface area contributed by atoms with Gasteiger partial charge in [-0.05, 0) is 73.2 Å². The standard InChI is InChI=1S/C31H29FN4O4/c1-4-18(3)22-9-7-6-8-20(22)12-13-33-30(37)25-15-19(5-2)29-34-26(16-36(29)35-25)23-10-11-27-24(28(23)32)14-21(17-40-27)31(38)39/h4,6-11,14-16H,5,12-13,17H2,1-3H3,(H,33,37)(H,38,39)/b18-4-. The number of aliphatic carboxylic acids is 1. The van der Waals surface area contributed by atoms with Crippen LogP contribution in [0.15, 0.2) is 60.3 Å². The third-order valence-corrected chi connectivity index (χ3v) is 7.06. The number of aryl methyl sites for hydroxylation is 1. The number of benzene rings is 2. The van der Waals surface area contributed by atoms with Gasteiger partial charge in [-0.3, -0.25) is 4.79 Å². The van der Waals surface area contributed by atoms with Gasteiger partial charge >= 0.3 is 5.97 Å². The first-order valence-corrected chi connectivity index (χ1v) is 13.1. The molecule has 4 aromatic rings. The second-order valence-electron chi connectivity index (χ2n) is 9.54. The predicted octanol–water partition coefficient (Wildman–Crippen LogP) is 5.35. The molecule has 0 unspecified atom stereocenters. The van der Waals surface area contributed by atoms with E-state index >= 15 is 4.39 Å². The first-order valence-electron chi connectivity index (χ1n) is 13.1. The Kier molecular flexibility index (Phi) is 7.46. The molecule has 1 aliphatic rings. The van der Waals surface area contributed by atoms with Gasteiger partial charge in [-0.2, -0.15) is 5.10 Å². The zero-order valence-electron chi connectivity index (χ0n) is 22.5. The Morgan fingerprint density at radius 3 is 2.75 bits per heavy atom. The number of imidazole rings is 1. The molecule has 8 nitrogen and oxygen atoms in total. The van der Waals surface area contributed by atoms with Crippen molar-refractivity contribution in [3.8, 4) is 17.0 Å². The van der Waals surface area contributed by atoms with Gasteiger partial charge in [0.25, 0.3) is 5.91 Å². The molecule has 0 saturated carbocycles. The SMILES string of the molecule is C/C=C(/C)c1ccccc1CCNC(=O)c1cc(CC)c2nc(-c3ccc4c(c3F)C=C(C(=O)O)CO4)cn2n1. The Hall–Kier alpha value is -4.79. The number of nitrogens with zero attached hydrogens (tertiary/aromatic N) is 3. The van der Waals surface area contributed by atoms with Crippen molar-refractivity contribution in [2.75, 3.05) is 13.2 Å². The summed E-state index contributed by atoms with van der Waals surface area (Å²) in [4.78, 5) is 29.0. The van der Waals surface area contributed by atoms with Crippen LogP contribution in [0.1, 0.15) is 53.5 Å². The van der Waals surface area contributed by atoms with E-state index in [1.54, 1.807) is 24.4 Å². The second-order valence-corrected chi connectivity index (χ2v) is 9.54. The molecule has 204 valence electrons. The van der Waals surface area contributed by atoms with E-state index in [9.17, 15) is 14.7 Å². The van der Waals surface area contributed by atoms with Crippen LogP contribution in [0.5, 0.6) is 5.75 Å². The molecular weight excluding hydrogens is 511 g/mol. The zero-order chi connectivity index (χ0) is 28.4. The summed E-state index contributed by atoms with van der Waals surface area (Å²) in [5, 5.41) is 16.7. The Balaban J connectivity index is 1.41. The summed E-state index contributed by atoms with van der Waals surface area (Å²) in [7, 11) is 0. The van der Waals surface area contributed by atoms with E-state index in [0.29, 0.717) is 30.7 Å². The highest BCUT2D eigenvalue weighted by Gasteiger charge is 2.23. The number of aromatic nitrogens is 3. The first-order chi connectivity index (χ1) is 19.3. The van der Waals surface area contributed by atoms with Gasteiger partial charge in [-0.15, -0.1) is 0 Å². The van der Waals surface area contributed by atoms with Gasteiger partial charge in [0.05, 0.1) is 23.0 Å². The molecule has 2 N–H and O–H groups in total. The van der Waals surface area contributed by atoms with Gasteiger partial charge in [0, 0.05) is 12.1 Å². The molecular formula is C31H29FN4O4. The van der Waals surface area contributed by atoms with Crippen LogP contribution in [-0.4, -0.2) is 44.7 Å². The van der Waals surface area contributed by atoms with E-state index in [1.165, 1.54) is 16.2 Å². The smallest absolute Gasteiger partial charge is 0.335 e. The predicted molar refractivity (Wildman–Crippen MR) is 151 cm³/mol. The molecule has 9 heteroatoms. The molecule has 0 radical (unpaired) electrons. The fourth-order valence-electron chi connectivity index (χ4n) is 4.75. The summed E-state index contributed by atoms with van der Waals surface area (Å²) in [5.41, 5.74) is 5.55. The number of allylic oxidation sites excluding steroid dienone is 2. The number of hydrogen-bond acceptors (Lipinski definition) is 5. The average Bonchev–Trinajstić information content (AvgIpc) is 3.40. The summed E-state index contributed by atoms with van der Waals surface area (Å²) in [6.45, 7) is 6.32. The zero-order valence-corrected chi connectivity index (χ0v) is 22.5. The first kappa shape index (κ1) is 26.8. The van der Waals surface area contributed by atoms with Crippen LogP contribution in [0.25, 0.3) is 28.6 Å². The van der Waals surface area contributed by atoms with Crippen LogP contribution in [0.3, 0.4) is 0 Å². The summed E-state index contributed by atoms with van der Waals surface area (Å²) >= 11 is 0. The third kappa shape index (κ3) is 5.10. The molecule has 1 aliphatic heterocycles. The molecule has 2 aromatic carbocycles. The number of ether oxygens (including phenoxy) is 1. The van der Waals surface area contributed by atoms with Crippen LogP contribution in [0.2, 0.25) is 0 Å². The van der Waals surface area contributed by atoms with Crippen molar-refractivity contribution >= 4 is 29.2 Å². The molecule has 5 rings (SSSR count). The van der Waals surface area contributed by atoms with Crippen LogP contribution in [-0.2, 0) is 17.6 Å². The van der Waals surface area contributed by atoms with E-state index in [0.717, 1.165) is 16.7 Å². The number of carbonyl (C=O) groups is 2. The number of amides is 1. The molecule has 0 atom stereocenters. The maximum absolute atomic E-state index is 15.5. The fraction of sp³-hybridized carbons (Fsp3) is 0.226. The van der Waals surface area contributed by atoms with Gasteiger partial charge in [-0.25, -0.2) is 18.7 Å². The Morgan fingerprint density at radius 2 is 2.00 bits per heavy atom. The Morgan fingerprint density at radius 1 is 1.20 bits per heavy atom. The molecule has 0 spiro atoms. The van der Waals surface area contributed by atoms with E-state index in [-0.39, 0.29) is 40.7 Å². The van der Waals surface area contributed by atoms with Crippen molar-refractivity contribution in [3.63, 3.8) is 0 Å². The van der Waals surface area contributed by atoms with Crippen molar-refractivity contribution in [1.29, 1.82) is 0 Å². The number of fused-ring (bicyclic) bond motifs is 2. The minimum atomic E-state index is -1.16. The van der Waals surface area contributed by atoms with Gasteiger partial charge in [-0.1, -0.05) is 37.3 Å². The number of nitrogens with one attached hydrogen (secondary N) is 1. The lowest BCUT2D eigenvalue weighted by Gasteiger charge is -2.17. The average molecular weight is 541 g/mol. The van der Waals surface area contributed by atoms with Crippen LogP contribution >= 0.6 is 0 Å².